The number of carbonyl (C=O) groups excluding carboxylic acids is 1. The molecule has 3 heterocycles. The number of nitrogens with zero attached hydrogens (tertiary/aromatic N) is 2. The normalized spacial score (nSPS) is 49.5. The van der Waals surface area contributed by atoms with Crippen LogP contribution in [0.2, 0.25) is 0 Å². The second kappa shape index (κ2) is 9.60. The summed E-state index contributed by atoms with van der Waals surface area (Å²) in [4.78, 5) is 12.7. The Kier molecular flexibility index (Phi) is 6.91. The van der Waals surface area contributed by atoms with Gasteiger partial charge in [-0.25, -0.2) is 0 Å². The first kappa shape index (κ1) is 28.8. The summed E-state index contributed by atoms with van der Waals surface area (Å²) in [5.74, 6) is -1.25. The van der Waals surface area contributed by atoms with Gasteiger partial charge >= 0.3 is 0 Å². The minimum Gasteiger partial charge on any atom is -0.393 e. The summed E-state index contributed by atoms with van der Waals surface area (Å²) in [5.41, 5.74) is -1.07. The van der Waals surface area contributed by atoms with E-state index in [-0.39, 0.29) is 23.7 Å². The number of aliphatic hydroxyl groups excluding tert-OH is 2. The minimum atomic E-state index is -3.84. The van der Waals surface area contributed by atoms with E-state index in [1.807, 2.05) is 5.01 Å². The molecule has 0 aromatic heterocycles. The van der Waals surface area contributed by atoms with Crippen LogP contribution in [0.15, 0.2) is 5.10 Å². The van der Waals surface area contributed by atoms with Crippen LogP contribution in [-0.2, 0) is 28.6 Å². The lowest BCUT2D eigenvalue weighted by Crippen LogP contribution is -2.75. The summed E-state index contributed by atoms with van der Waals surface area (Å²) in [6.07, 6.45) is 1.04. The molecule has 40 heavy (non-hydrogen) atoms. The average molecular weight is 584 g/mol. The highest BCUT2D eigenvalue weighted by atomic mass is 32.2. The zero-order valence-corrected chi connectivity index (χ0v) is 25.0. The third-order valence-electron chi connectivity index (χ3n) is 11.6. The maximum Gasteiger partial charge on any atom is 0.265 e. The molecule has 3 aliphatic heterocycles. The predicted molar refractivity (Wildman–Crippen MR) is 145 cm³/mol. The maximum atomic E-state index is 12.7. The van der Waals surface area contributed by atoms with E-state index >= 15 is 0 Å². The molecule has 0 radical (unpaired) electrons. The lowest BCUT2D eigenvalue weighted by molar-refractivity contribution is -0.327. The Morgan fingerprint density at radius 3 is 2.50 bits per heavy atom. The summed E-state index contributed by atoms with van der Waals surface area (Å²) >= 11 is 0. The van der Waals surface area contributed by atoms with Crippen molar-refractivity contribution in [3.8, 4) is 0 Å². The molecular weight excluding hydrogens is 538 g/mol. The van der Waals surface area contributed by atoms with Gasteiger partial charge in [0.15, 0.2) is 0 Å². The van der Waals surface area contributed by atoms with E-state index in [1.54, 1.807) is 0 Å². The van der Waals surface area contributed by atoms with Gasteiger partial charge in [0.05, 0.1) is 62.0 Å². The van der Waals surface area contributed by atoms with Crippen molar-refractivity contribution in [1.29, 1.82) is 0 Å². The molecule has 11 nitrogen and oxygen atoms in total. The summed E-state index contributed by atoms with van der Waals surface area (Å²) in [5, 5.41) is 31.9. The number of aliphatic hydroxyl groups is 2. The molecule has 6 aliphatic rings. The SMILES string of the molecule is CC1CCC2C(C)(C)C(=NN3CCOCC3)C(OS(C)(=O)=O)CC23OC2C(CC13C)C(O)CC1C(=O)NC(O)C12. The van der Waals surface area contributed by atoms with E-state index < -0.39 is 62.9 Å². The van der Waals surface area contributed by atoms with Gasteiger partial charge in [-0.3, -0.25) is 14.0 Å². The lowest BCUT2D eigenvalue weighted by atomic mass is 9.42. The molecule has 3 saturated carbocycles. The Balaban J connectivity index is 1.47. The Morgan fingerprint density at radius 1 is 1.12 bits per heavy atom. The fraction of sp³-hybridized carbons (Fsp3) is 0.929. The highest BCUT2D eigenvalue weighted by Crippen LogP contribution is 2.68. The van der Waals surface area contributed by atoms with Crippen LogP contribution in [0.25, 0.3) is 0 Å². The van der Waals surface area contributed by atoms with Crippen LogP contribution in [0.1, 0.15) is 59.8 Å². The third-order valence-corrected chi connectivity index (χ3v) is 12.2. The van der Waals surface area contributed by atoms with Gasteiger partial charge in [0.2, 0.25) is 5.91 Å². The Labute approximate surface area is 237 Å². The quantitative estimate of drug-likeness (QED) is 0.416. The van der Waals surface area contributed by atoms with Crippen molar-refractivity contribution >= 4 is 21.7 Å². The maximum absolute atomic E-state index is 12.7. The van der Waals surface area contributed by atoms with Gasteiger partial charge in [0.1, 0.15) is 12.3 Å². The molecule has 3 N–H and O–H groups in total. The van der Waals surface area contributed by atoms with Crippen molar-refractivity contribution in [1.82, 2.24) is 10.3 Å². The van der Waals surface area contributed by atoms with Crippen LogP contribution in [-0.4, -0.2) is 98.0 Å². The molecule has 1 amide bonds. The van der Waals surface area contributed by atoms with E-state index in [9.17, 15) is 23.4 Å². The van der Waals surface area contributed by atoms with Crippen molar-refractivity contribution < 1.29 is 37.1 Å². The number of fused-ring (bicyclic) bond motifs is 3. The van der Waals surface area contributed by atoms with Crippen LogP contribution in [0, 0.1) is 40.4 Å². The molecular formula is C28H45N3O8S. The number of morpholine rings is 1. The van der Waals surface area contributed by atoms with E-state index in [0.29, 0.717) is 51.3 Å². The molecule has 11 atom stereocenters. The zero-order valence-electron chi connectivity index (χ0n) is 24.2. The second-order valence-corrected chi connectivity index (χ2v) is 15.6. The third kappa shape index (κ3) is 4.26. The Bertz CT molecular complexity index is 1170. The second-order valence-electron chi connectivity index (χ2n) is 14.0. The van der Waals surface area contributed by atoms with Gasteiger partial charge in [-0.15, -0.1) is 0 Å². The van der Waals surface area contributed by atoms with Crippen LogP contribution < -0.4 is 5.32 Å². The Morgan fingerprint density at radius 2 is 1.82 bits per heavy atom. The van der Waals surface area contributed by atoms with Gasteiger partial charge in [0, 0.05) is 29.1 Å². The number of rotatable bonds is 3. The largest absolute Gasteiger partial charge is 0.393 e. The van der Waals surface area contributed by atoms with E-state index in [2.05, 4.69) is 33.0 Å². The highest BCUT2D eigenvalue weighted by molar-refractivity contribution is 7.86. The van der Waals surface area contributed by atoms with Crippen molar-refractivity contribution in [2.45, 2.75) is 89.9 Å². The molecule has 3 aliphatic carbocycles. The molecule has 6 fully saturated rings. The van der Waals surface area contributed by atoms with Crippen molar-refractivity contribution in [3.63, 3.8) is 0 Å². The fourth-order valence-electron chi connectivity index (χ4n) is 9.50. The smallest absolute Gasteiger partial charge is 0.265 e. The number of hydrazone groups is 1. The topological polar surface area (TPSA) is 147 Å². The zero-order chi connectivity index (χ0) is 28.8. The first-order chi connectivity index (χ1) is 18.7. The molecule has 0 aromatic rings. The Hall–Kier alpha value is -1.31. The minimum absolute atomic E-state index is 0.0129. The van der Waals surface area contributed by atoms with Crippen molar-refractivity contribution in [2.24, 2.45) is 45.5 Å². The van der Waals surface area contributed by atoms with E-state index in [4.69, 9.17) is 18.8 Å². The van der Waals surface area contributed by atoms with E-state index in [1.165, 1.54) is 0 Å². The standard InChI is InChI=1S/C28H45N3O8S/c1-15-6-7-20-26(2,3)23(30-31-8-10-37-11-9-31)19(39-40(5,35)36)14-28(20)27(15,4)13-17-18(32)12-16-21(22(17)38-28)25(34)29-24(16)33/h15-22,25,32,34H,6-14H2,1-5H3,(H,29,33). The average Bonchev–Trinajstić information content (AvgIpc) is 3.14. The van der Waals surface area contributed by atoms with Crippen LogP contribution in [0.5, 0.6) is 0 Å². The summed E-state index contributed by atoms with van der Waals surface area (Å²) < 4.78 is 44.0. The van der Waals surface area contributed by atoms with Gasteiger partial charge in [-0.2, -0.15) is 13.5 Å². The molecule has 0 aromatic carbocycles. The first-order valence-electron chi connectivity index (χ1n) is 14.8. The van der Waals surface area contributed by atoms with Gasteiger partial charge in [0.25, 0.3) is 10.1 Å². The number of hydrogen-bond acceptors (Lipinski definition) is 10. The lowest BCUT2D eigenvalue weighted by Gasteiger charge is -2.70. The molecule has 1 spiro atoms. The van der Waals surface area contributed by atoms with Gasteiger partial charge in [-0.1, -0.05) is 27.7 Å². The molecule has 6 rings (SSSR count). The number of amides is 1. The summed E-state index contributed by atoms with van der Waals surface area (Å²) in [7, 11) is -3.84. The summed E-state index contributed by atoms with van der Waals surface area (Å²) in [6.45, 7) is 11.1. The number of carbonyl (C=O) groups is 1. The number of hydrogen-bond donors (Lipinski definition) is 3. The number of nitrogens with one attached hydrogen (secondary N) is 1. The number of ether oxygens (including phenoxy) is 2. The van der Waals surface area contributed by atoms with Crippen molar-refractivity contribution in [2.75, 3.05) is 32.6 Å². The van der Waals surface area contributed by atoms with Crippen LogP contribution >= 0.6 is 0 Å². The molecule has 3 saturated heterocycles. The summed E-state index contributed by atoms with van der Waals surface area (Å²) in [6, 6.07) is 0. The van der Waals surface area contributed by atoms with Crippen LogP contribution in [0.4, 0.5) is 0 Å². The van der Waals surface area contributed by atoms with Crippen molar-refractivity contribution in [3.05, 3.63) is 0 Å². The molecule has 0 bridgehead atoms. The first-order valence-corrected chi connectivity index (χ1v) is 16.6. The molecule has 12 heteroatoms. The van der Waals surface area contributed by atoms with Crippen LogP contribution in [0.3, 0.4) is 0 Å². The van der Waals surface area contributed by atoms with Gasteiger partial charge < -0.3 is 25.0 Å². The molecule has 226 valence electrons. The fourth-order valence-corrected chi connectivity index (χ4v) is 10.1. The van der Waals surface area contributed by atoms with Gasteiger partial charge in [-0.05, 0) is 37.5 Å². The van der Waals surface area contributed by atoms with E-state index in [0.717, 1.165) is 19.1 Å². The monoisotopic (exact) mass is 583 g/mol. The molecule has 11 unspecified atom stereocenters. The predicted octanol–water partition coefficient (Wildman–Crippen LogP) is 1.09. The highest BCUT2D eigenvalue weighted by Gasteiger charge is 2.72.